The highest BCUT2D eigenvalue weighted by Crippen LogP contribution is 2.15. The molecule has 0 spiro atoms. The predicted octanol–water partition coefficient (Wildman–Crippen LogP) is 2.11. The maximum atomic E-state index is 4.17. The molecule has 0 amide bonds. The molecule has 1 heterocycles. The molecule has 4 heteroatoms. The van der Waals surface area contributed by atoms with Gasteiger partial charge >= 0.3 is 0 Å². The van der Waals surface area contributed by atoms with Crippen molar-refractivity contribution < 1.29 is 0 Å². The van der Waals surface area contributed by atoms with Crippen molar-refractivity contribution in [3.63, 3.8) is 0 Å². The molecule has 0 aliphatic carbocycles. The monoisotopic (exact) mass is 259 g/mol. The fourth-order valence-electron chi connectivity index (χ4n) is 1.27. The van der Waals surface area contributed by atoms with Crippen molar-refractivity contribution in [2.45, 2.75) is 32.7 Å². The molecule has 0 aromatic carbocycles. The molecule has 0 atom stereocenters. The van der Waals surface area contributed by atoms with E-state index in [0.717, 1.165) is 17.4 Å². The Balaban J connectivity index is 2.46. The molecule has 0 radical (unpaired) electrons. The molecule has 0 bridgehead atoms. The molecule has 0 fully saturated rings. The second-order valence-electron chi connectivity index (χ2n) is 4.49. The Labute approximate surface area is 94.0 Å². The topological polar surface area (TPSA) is 29.9 Å². The molecule has 0 aliphatic rings. The fraction of sp³-hybridized carbons (Fsp3) is 0.700. The molecule has 1 N–H and O–H groups in total. The lowest BCUT2D eigenvalue weighted by Crippen LogP contribution is -2.37. The van der Waals surface area contributed by atoms with Crippen LogP contribution in [0.25, 0.3) is 0 Å². The molecule has 1 aromatic heterocycles. The van der Waals surface area contributed by atoms with Crippen LogP contribution in [-0.4, -0.2) is 21.9 Å². The van der Waals surface area contributed by atoms with Crippen molar-refractivity contribution in [2.75, 3.05) is 6.54 Å². The van der Waals surface area contributed by atoms with Gasteiger partial charge in [0.2, 0.25) is 0 Å². The fourth-order valence-corrected chi connectivity index (χ4v) is 1.82. The summed E-state index contributed by atoms with van der Waals surface area (Å²) in [6, 6.07) is 0. The van der Waals surface area contributed by atoms with Gasteiger partial charge in [0.1, 0.15) is 0 Å². The Morgan fingerprint density at radius 1 is 1.50 bits per heavy atom. The number of hydrogen-bond acceptors (Lipinski definition) is 2. The van der Waals surface area contributed by atoms with Gasteiger partial charge in [0.25, 0.3) is 0 Å². The van der Waals surface area contributed by atoms with Gasteiger partial charge in [-0.15, -0.1) is 0 Å². The maximum absolute atomic E-state index is 4.17. The summed E-state index contributed by atoms with van der Waals surface area (Å²) < 4.78 is 3.00. The number of aryl methyl sites for hydroxylation is 1. The average Bonchev–Trinajstić information content (AvgIpc) is 2.33. The zero-order valence-electron chi connectivity index (χ0n) is 9.26. The van der Waals surface area contributed by atoms with Crippen LogP contribution in [0.1, 0.15) is 26.5 Å². The molecule has 80 valence electrons. The van der Waals surface area contributed by atoms with Crippen molar-refractivity contribution in [1.29, 1.82) is 0 Å². The Morgan fingerprint density at radius 3 is 2.57 bits per heavy atom. The minimum absolute atomic E-state index is 0.186. The average molecular weight is 260 g/mol. The zero-order valence-corrected chi connectivity index (χ0v) is 10.8. The Hall–Kier alpha value is -0.350. The minimum Gasteiger partial charge on any atom is -0.312 e. The van der Waals surface area contributed by atoms with E-state index in [2.05, 4.69) is 47.1 Å². The zero-order chi connectivity index (χ0) is 10.8. The van der Waals surface area contributed by atoms with Gasteiger partial charge < -0.3 is 5.32 Å². The summed E-state index contributed by atoms with van der Waals surface area (Å²) in [7, 11) is 1.97. The van der Waals surface area contributed by atoms with E-state index in [1.807, 2.05) is 17.9 Å². The second-order valence-corrected chi connectivity index (χ2v) is 5.34. The molecule has 3 nitrogen and oxygen atoms in total. The summed E-state index contributed by atoms with van der Waals surface area (Å²) in [5.41, 5.74) is 1.42. The van der Waals surface area contributed by atoms with Crippen LogP contribution in [0.15, 0.2) is 10.7 Å². The summed E-state index contributed by atoms with van der Waals surface area (Å²) in [6.07, 6.45) is 2.83. The number of halogens is 1. The first kappa shape index (κ1) is 11.7. The molecular formula is C10H18BrN3. The van der Waals surface area contributed by atoms with Gasteiger partial charge in [0.05, 0.1) is 16.4 Å². The Morgan fingerprint density at radius 2 is 2.14 bits per heavy atom. The van der Waals surface area contributed by atoms with E-state index >= 15 is 0 Å². The minimum atomic E-state index is 0.186. The lowest BCUT2D eigenvalue weighted by Gasteiger charge is -2.20. The third kappa shape index (κ3) is 3.42. The number of rotatable bonds is 3. The number of aromatic nitrogens is 2. The van der Waals surface area contributed by atoms with Crippen LogP contribution < -0.4 is 5.32 Å². The van der Waals surface area contributed by atoms with Crippen molar-refractivity contribution in [3.05, 3.63) is 16.4 Å². The van der Waals surface area contributed by atoms with E-state index in [-0.39, 0.29) is 5.54 Å². The smallest absolute Gasteiger partial charge is 0.0635 e. The van der Waals surface area contributed by atoms with Gasteiger partial charge in [-0.2, -0.15) is 5.10 Å². The molecule has 0 saturated heterocycles. The van der Waals surface area contributed by atoms with Crippen LogP contribution in [0.4, 0.5) is 0 Å². The SMILES string of the molecule is Cn1ncc(Br)c1CCNC(C)(C)C. The van der Waals surface area contributed by atoms with Crippen LogP contribution in [0, 0.1) is 0 Å². The first-order valence-electron chi connectivity index (χ1n) is 4.81. The number of nitrogens with zero attached hydrogens (tertiary/aromatic N) is 2. The van der Waals surface area contributed by atoms with Crippen molar-refractivity contribution in [1.82, 2.24) is 15.1 Å². The van der Waals surface area contributed by atoms with Crippen LogP contribution >= 0.6 is 15.9 Å². The normalized spacial score (nSPS) is 12.1. The van der Waals surface area contributed by atoms with Crippen molar-refractivity contribution >= 4 is 15.9 Å². The van der Waals surface area contributed by atoms with E-state index < -0.39 is 0 Å². The van der Waals surface area contributed by atoms with Gasteiger partial charge in [-0.25, -0.2) is 0 Å². The highest BCUT2D eigenvalue weighted by atomic mass is 79.9. The largest absolute Gasteiger partial charge is 0.312 e. The lowest BCUT2D eigenvalue weighted by molar-refractivity contribution is 0.426. The molecule has 0 unspecified atom stereocenters. The third-order valence-corrected chi connectivity index (χ3v) is 2.69. The predicted molar refractivity (Wildman–Crippen MR) is 62.4 cm³/mol. The van der Waals surface area contributed by atoms with E-state index in [9.17, 15) is 0 Å². The summed E-state index contributed by atoms with van der Waals surface area (Å²) in [5.74, 6) is 0. The van der Waals surface area contributed by atoms with E-state index in [1.54, 1.807) is 0 Å². The van der Waals surface area contributed by atoms with Gasteiger partial charge in [-0.3, -0.25) is 4.68 Å². The summed E-state index contributed by atoms with van der Waals surface area (Å²) in [6.45, 7) is 7.49. The van der Waals surface area contributed by atoms with Crippen LogP contribution in [0.2, 0.25) is 0 Å². The first-order chi connectivity index (χ1) is 6.40. The number of nitrogens with one attached hydrogen (secondary N) is 1. The van der Waals surface area contributed by atoms with E-state index in [4.69, 9.17) is 0 Å². The van der Waals surface area contributed by atoms with Gasteiger partial charge in [0.15, 0.2) is 0 Å². The van der Waals surface area contributed by atoms with E-state index in [1.165, 1.54) is 5.69 Å². The molecule has 1 aromatic rings. The lowest BCUT2D eigenvalue weighted by atomic mass is 10.1. The highest BCUT2D eigenvalue weighted by molar-refractivity contribution is 9.10. The standard InChI is InChI=1S/C10H18BrN3/c1-10(2,3)12-6-5-9-8(11)7-13-14(9)4/h7,12H,5-6H2,1-4H3. The molecule has 14 heavy (non-hydrogen) atoms. The van der Waals surface area contributed by atoms with Crippen molar-refractivity contribution in [2.24, 2.45) is 7.05 Å². The number of hydrogen-bond donors (Lipinski definition) is 1. The van der Waals surface area contributed by atoms with Crippen molar-refractivity contribution in [3.8, 4) is 0 Å². The first-order valence-corrected chi connectivity index (χ1v) is 5.61. The molecule has 0 saturated carbocycles. The molecule has 0 aliphatic heterocycles. The van der Waals surface area contributed by atoms with Gasteiger partial charge in [0, 0.05) is 25.6 Å². The summed E-state index contributed by atoms with van der Waals surface area (Å²) in [5, 5.41) is 7.63. The van der Waals surface area contributed by atoms with Crippen LogP contribution in [0.5, 0.6) is 0 Å². The van der Waals surface area contributed by atoms with Gasteiger partial charge in [-0.05, 0) is 36.7 Å². The second kappa shape index (κ2) is 4.45. The van der Waals surface area contributed by atoms with E-state index in [0.29, 0.717) is 0 Å². The molecular weight excluding hydrogens is 242 g/mol. The highest BCUT2D eigenvalue weighted by Gasteiger charge is 2.10. The molecule has 1 rings (SSSR count). The quantitative estimate of drug-likeness (QED) is 0.902. The van der Waals surface area contributed by atoms with Crippen LogP contribution in [-0.2, 0) is 13.5 Å². The Bertz CT molecular complexity index is 279. The third-order valence-electron chi connectivity index (χ3n) is 2.03. The Kier molecular flexibility index (Phi) is 3.72. The maximum Gasteiger partial charge on any atom is 0.0635 e. The summed E-state index contributed by atoms with van der Waals surface area (Å²) >= 11 is 3.49. The van der Waals surface area contributed by atoms with Gasteiger partial charge in [-0.1, -0.05) is 0 Å². The van der Waals surface area contributed by atoms with Crippen LogP contribution in [0.3, 0.4) is 0 Å². The summed E-state index contributed by atoms with van der Waals surface area (Å²) in [4.78, 5) is 0.